The van der Waals surface area contributed by atoms with Gasteiger partial charge in [0.05, 0.1) is 5.54 Å². The summed E-state index contributed by atoms with van der Waals surface area (Å²) in [6, 6.07) is -0.262. The van der Waals surface area contributed by atoms with Crippen molar-refractivity contribution < 1.29 is 4.79 Å². The quantitative estimate of drug-likeness (QED) is 0.385. The van der Waals surface area contributed by atoms with Crippen molar-refractivity contribution in [3.63, 3.8) is 0 Å². The summed E-state index contributed by atoms with van der Waals surface area (Å²) in [5.74, 6) is 0.0702. The van der Waals surface area contributed by atoms with Crippen LogP contribution in [0.3, 0.4) is 0 Å². The van der Waals surface area contributed by atoms with Gasteiger partial charge in [-0.3, -0.25) is 5.41 Å². The van der Waals surface area contributed by atoms with Crippen molar-refractivity contribution in [2.45, 2.75) is 37.6 Å². The number of amidine groups is 1. The molecule has 2 amide bonds. The van der Waals surface area contributed by atoms with Crippen LogP contribution in [-0.2, 0) is 0 Å². The first-order chi connectivity index (χ1) is 6.60. The second-order valence-corrected chi connectivity index (χ2v) is 3.76. The lowest BCUT2D eigenvalue weighted by Crippen LogP contribution is -2.59. The molecule has 0 aromatic rings. The van der Waals surface area contributed by atoms with Crippen LogP contribution in [0.1, 0.15) is 32.1 Å². The zero-order chi connectivity index (χ0) is 10.6. The topological polar surface area (TPSA) is 91.0 Å². The summed E-state index contributed by atoms with van der Waals surface area (Å²) in [6.07, 6.45) is 4.74. The molecule has 0 saturated heterocycles. The van der Waals surface area contributed by atoms with Gasteiger partial charge >= 0.3 is 6.03 Å². The minimum Gasteiger partial charge on any atom is -0.386 e. The van der Waals surface area contributed by atoms with E-state index in [1.54, 1.807) is 7.05 Å². The van der Waals surface area contributed by atoms with Gasteiger partial charge in [0.1, 0.15) is 5.84 Å². The van der Waals surface area contributed by atoms with E-state index in [0.717, 1.165) is 32.1 Å². The molecule has 14 heavy (non-hydrogen) atoms. The number of amides is 2. The van der Waals surface area contributed by atoms with Crippen molar-refractivity contribution in [2.75, 3.05) is 7.05 Å². The van der Waals surface area contributed by atoms with Crippen LogP contribution in [0.4, 0.5) is 4.79 Å². The first kappa shape index (κ1) is 10.8. The van der Waals surface area contributed by atoms with E-state index < -0.39 is 5.54 Å². The Hall–Kier alpha value is -1.26. The Bertz CT molecular complexity index is 233. The minimum atomic E-state index is -0.599. The Labute approximate surface area is 83.9 Å². The molecule has 1 aliphatic rings. The van der Waals surface area contributed by atoms with E-state index in [0.29, 0.717) is 0 Å². The summed E-state index contributed by atoms with van der Waals surface area (Å²) < 4.78 is 0. The smallest absolute Gasteiger partial charge is 0.315 e. The summed E-state index contributed by atoms with van der Waals surface area (Å²) in [7, 11) is 1.56. The third kappa shape index (κ3) is 2.16. The van der Waals surface area contributed by atoms with Gasteiger partial charge in [0.25, 0.3) is 0 Å². The summed E-state index contributed by atoms with van der Waals surface area (Å²) in [6.45, 7) is 0. The molecule has 0 radical (unpaired) electrons. The van der Waals surface area contributed by atoms with Crippen molar-refractivity contribution in [3.05, 3.63) is 0 Å². The molecule has 1 rings (SSSR count). The number of urea groups is 1. The molecule has 0 heterocycles. The molecule has 0 aromatic heterocycles. The van der Waals surface area contributed by atoms with Crippen LogP contribution >= 0.6 is 0 Å². The lowest BCUT2D eigenvalue weighted by Gasteiger charge is -2.36. The highest BCUT2D eigenvalue weighted by molar-refractivity contribution is 5.91. The molecule has 0 aromatic carbocycles. The van der Waals surface area contributed by atoms with Crippen molar-refractivity contribution in [1.82, 2.24) is 10.6 Å². The van der Waals surface area contributed by atoms with E-state index in [2.05, 4.69) is 10.6 Å². The minimum absolute atomic E-state index is 0.0702. The molecule has 5 nitrogen and oxygen atoms in total. The maximum Gasteiger partial charge on any atom is 0.315 e. The third-order valence-corrected chi connectivity index (χ3v) is 2.80. The average Bonchev–Trinajstić information content (AvgIpc) is 2.19. The number of carbonyl (C=O) groups excluding carboxylic acids is 1. The van der Waals surface area contributed by atoms with Crippen LogP contribution in [-0.4, -0.2) is 24.5 Å². The highest BCUT2D eigenvalue weighted by Crippen LogP contribution is 2.27. The van der Waals surface area contributed by atoms with Crippen LogP contribution in [0, 0.1) is 5.41 Å². The van der Waals surface area contributed by atoms with Gasteiger partial charge in [0, 0.05) is 7.05 Å². The van der Waals surface area contributed by atoms with E-state index in [-0.39, 0.29) is 11.9 Å². The fourth-order valence-corrected chi connectivity index (χ4v) is 1.90. The summed E-state index contributed by atoms with van der Waals surface area (Å²) >= 11 is 0. The summed E-state index contributed by atoms with van der Waals surface area (Å²) in [5, 5.41) is 12.8. The summed E-state index contributed by atoms with van der Waals surface area (Å²) in [5.41, 5.74) is 4.95. The van der Waals surface area contributed by atoms with E-state index in [1.807, 2.05) is 0 Å². The highest BCUT2D eigenvalue weighted by atomic mass is 16.2. The van der Waals surface area contributed by atoms with Crippen LogP contribution in [0.25, 0.3) is 0 Å². The van der Waals surface area contributed by atoms with E-state index in [4.69, 9.17) is 11.1 Å². The van der Waals surface area contributed by atoms with E-state index >= 15 is 0 Å². The molecule has 1 fully saturated rings. The number of rotatable bonds is 2. The molecular formula is C9H18N4O. The SMILES string of the molecule is CNC(=O)NC1(C(=N)N)CCCCC1. The Morgan fingerprint density at radius 1 is 1.36 bits per heavy atom. The predicted octanol–water partition coefficient (Wildman–Crippen LogP) is 0.554. The molecule has 0 bridgehead atoms. The number of nitrogens with one attached hydrogen (secondary N) is 3. The fraction of sp³-hybridized carbons (Fsp3) is 0.778. The molecule has 0 atom stereocenters. The first-order valence-electron chi connectivity index (χ1n) is 4.95. The molecule has 1 saturated carbocycles. The van der Waals surface area contributed by atoms with Gasteiger partial charge in [0.2, 0.25) is 0 Å². The van der Waals surface area contributed by atoms with Crippen molar-refractivity contribution >= 4 is 11.9 Å². The van der Waals surface area contributed by atoms with Crippen molar-refractivity contribution in [1.29, 1.82) is 5.41 Å². The van der Waals surface area contributed by atoms with Gasteiger partial charge in [-0.05, 0) is 12.8 Å². The van der Waals surface area contributed by atoms with Gasteiger partial charge in [-0.25, -0.2) is 4.79 Å². The zero-order valence-electron chi connectivity index (χ0n) is 8.52. The molecule has 0 aliphatic heterocycles. The predicted molar refractivity (Wildman–Crippen MR) is 55.3 cm³/mol. The maximum absolute atomic E-state index is 11.2. The Balaban J connectivity index is 2.70. The molecule has 5 heteroatoms. The summed E-state index contributed by atoms with van der Waals surface area (Å²) in [4.78, 5) is 11.2. The zero-order valence-corrected chi connectivity index (χ0v) is 8.52. The van der Waals surface area contributed by atoms with Gasteiger partial charge in [-0.15, -0.1) is 0 Å². The number of nitrogens with two attached hydrogens (primary N) is 1. The second kappa shape index (κ2) is 4.30. The highest BCUT2D eigenvalue weighted by Gasteiger charge is 2.36. The molecule has 0 spiro atoms. The average molecular weight is 198 g/mol. The van der Waals surface area contributed by atoms with Crippen molar-refractivity contribution in [3.8, 4) is 0 Å². The van der Waals surface area contributed by atoms with E-state index in [9.17, 15) is 4.79 Å². The van der Waals surface area contributed by atoms with Gasteiger partial charge < -0.3 is 16.4 Å². The van der Waals surface area contributed by atoms with E-state index in [1.165, 1.54) is 0 Å². The largest absolute Gasteiger partial charge is 0.386 e. The van der Waals surface area contributed by atoms with Crippen LogP contribution in [0.5, 0.6) is 0 Å². The fourth-order valence-electron chi connectivity index (χ4n) is 1.90. The molecule has 1 aliphatic carbocycles. The monoisotopic (exact) mass is 198 g/mol. The van der Waals surface area contributed by atoms with Crippen molar-refractivity contribution in [2.24, 2.45) is 5.73 Å². The third-order valence-electron chi connectivity index (χ3n) is 2.80. The number of carbonyl (C=O) groups is 1. The maximum atomic E-state index is 11.2. The molecule has 0 unspecified atom stereocenters. The standard InChI is InChI=1S/C9H18N4O/c1-12-8(14)13-9(7(10)11)5-3-2-4-6-9/h2-6H2,1H3,(H3,10,11)(H2,12,13,14). The normalized spacial score (nSPS) is 19.8. The molecular weight excluding hydrogens is 180 g/mol. The molecule has 80 valence electrons. The Kier molecular flexibility index (Phi) is 3.33. The first-order valence-corrected chi connectivity index (χ1v) is 4.95. The van der Waals surface area contributed by atoms with Crippen LogP contribution in [0.2, 0.25) is 0 Å². The van der Waals surface area contributed by atoms with Gasteiger partial charge in [-0.2, -0.15) is 0 Å². The van der Waals surface area contributed by atoms with Crippen LogP contribution in [0.15, 0.2) is 0 Å². The van der Waals surface area contributed by atoms with Crippen LogP contribution < -0.4 is 16.4 Å². The lowest BCUT2D eigenvalue weighted by molar-refractivity contribution is 0.226. The van der Waals surface area contributed by atoms with Gasteiger partial charge in [0.15, 0.2) is 0 Å². The van der Waals surface area contributed by atoms with Gasteiger partial charge in [-0.1, -0.05) is 19.3 Å². The second-order valence-electron chi connectivity index (χ2n) is 3.76. The Morgan fingerprint density at radius 2 is 1.93 bits per heavy atom. The number of hydrogen-bond acceptors (Lipinski definition) is 2. The Morgan fingerprint density at radius 3 is 2.36 bits per heavy atom. The molecule has 5 N–H and O–H groups in total. The lowest BCUT2D eigenvalue weighted by atomic mass is 9.81. The number of hydrogen-bond donors (Lipinski definition) is 4.